The first-order valence-corrected chi connectivity index (χ1v) is 8.86. The Morgan fingerprint density at radius 1 is 1.28 bits per heavy atom. The van der Waals surface area contributed by atoms with Gasteiger partial charge in [-0.05, 0) is 32.4 Å². The summed E-state index contributed by atoms with van der Waals surface area (Å²) in [6, 6.07) is 5.95. The summed E-state index contributed by atoms with van der Waals surface area (Å²) in [6.07, 6.45) is 0.716. The minimum absolute atomic E-state index is 0.107. The first kappa shape index (κ1) is 16.0. The van der Waals surface area contributed by atoms with Gasteiger partial charge in [0.2, 0.25) is 5.91 Å². The predicted octanol–water partition coefficient (Wildman–Crippen LogP) is 3.03. The summed E-state index contributed by atoms with van der Waals surface area (Å²) in [6.45, 7) is 8.90. The molecule has 1 amide bonds. The molecule has 2 aromatic rings. The van der Waals surface area contributed by atoms with Crippen molar-refractivity contribution in [3.8, 4) is 5.75 Å². The number of aromatic nitrogens is 1. The molecule has 1 aromatic carbocycles. The monoisotopic (exact) mass is 341 g/mol. The summed E-state index contributed by atoms with van der Waals surface area (Å²) in [7, 11) is 0. The van der Waals surface area contributed by atoms with E-state index in [9.17, 15) is 4.79 Å². The minimum Gasteiger partial charge on any atom is -0.489 e. The molecule has 0 saturated carbocycles. The fraction of sp³-hybridized carbons (Fsp3) is 0.474. The Morgan fingerprint density at radius 3 is 2.84 bits per heavy atom. The van der Waals surface area contributed by atoms with Crippen molar-refractivity contribution < 1.29 is 14.1 Å². The molecule has 4 rings (SSSR count). The lowest BCUT2D eigenvalue weighted by Gasteiger charge is -2.41. The zero-order valence-corrected chi connectivity index (χ0v) is 14.9. The van der Waals surface area contributed by atoms with Gasteiger partial charge in [-0.3, -0.25) is 4.79 Å². The van der Waals surface area contributed by atoms with Crippen LogP contribution in [0.15, 0.2) is 22.7 Å². The lowest BCUT2D eigenvalue weighted by Crippen LogP contribution is -2.48. The standard InChI is InChI=1S/C19H23N3O3/c1-4-14(17-12(2)20-25-13(17)3)19(23)22-9-8-21-10-11-24-16-7-5-6-15(22)18(16)21/h5-7,14H,4,8-11H2,1-3H3. The lowest BCUT2D eigenvalue weighted by molar-refractivity contribution is -0.120. The molecule has 0 N–H and O–H groups in total. The van der Waals surface area contributed by atoms with E-state index >= 15 is 0 Å². The molecule has 0 saturated heterocycles. The molecule has 0 bridgehead atoms. The maximum Gasteiger partial charge on any atom is 0.234 e. The summed E-state index contributed by atoms with van der Waals surface area (Å²) in [5.74, 6) is 1.47. The van der Waals surface area contributed by atoms with Crippen LogP contribution in [-0.4, -0.2) is 37.3 Å². The van der Waals surface area contributed by atoms with Gasteiger partial charge < -0.3 is 19.1 Å². The molecular formula is C19H23N3O3. The summed E-state index contributed by atoms with van der Waals surface area (Å²) < 4.78 is 11.1. The fourth-order valence-corrected chi connectivity index (χ4v) is 4.01. The van der Waals surface area contributed by atoms with Crippen LogP contribution in [0.1, 0.15) is 36.3 Å². The molecule has 0 fully saturated rings. The number of ether oxygens (including phenoxy) is 1. The average Bonchev–Trinajstić information content (AvgIpc) is 2.96. The molecule has 0 radical (unpaired) electrons. The van der Waals surface area contributed by atoms with Crippen LogP contribution in [-0.2, 0) is 4.79 Å². The van der Waals surface area contributed by atoms with Crippen LogP contribution >= 0.6 is 0 Å². The quantitative estimate of drug-likeness (QED) is 0.859. The Kier molecular flexibility index (Phi) is 3.90. The third-order valence-electron chi connectivity index (χ3n) is 5.21. The number of carbonyl (C=O) groups is 1. The van der Waals surface area contributed by atoms with Gasteiger partial charge in [0.25, 0.3) is 0 Å². The molecule has 6 heteroatoms. The van der Waals surface area contributed by atoms with Crippen LogP contribution < -0.4 is 14.5 Å². The molecule has 0 aliphatic carbocycles. The zero-order chi connectivity index (χ0) is 17.6. The Bertz CT molecular complexity index is 795. The van der Waals surface area contributed by atoms with Crippen LogP contribution in [0.5, 0.6) is 5.75 Å². The van der Waals surface area contributed by atoms with E-state index in [2.05, 4.69) is 10.1 Å². The van der Waals surface area contributed by atoms with E-state index < -0.39 is 0 Å². The molecule has 132 valence electrons. The highest BCUT2D eigenvalue weighted by Crippen LogP contribution is 2.43. The maximum absolute atomic E-state index is 13.4. The van der Waals surface area contributed by atoms with Gasteiger partial charge in [0.15, 0.2) is 0 Å². The van der Waals surface area contributed by atoms with Crippen LogP contribution in [0.4, 0.5) is 11.4 Å². The molecule has 2 aliphatic rings. The van der Waals surface area contributed by atoms with Crippen molar-refractivity contribution in [2.45, 2.75) is 33.1 Å². The number of anilines is 2. The van der Waals surface area contributed by atoms with E-state index in [-0.39, 0.29) is 11.8 Å². The first-order chi connectivity index (χ1) is 12.1. The van der Waals surface area contributed by atoms with Gasteiger partial charge in [-0.2, -0.15) is 0 Å². The normalized spacial score (nSPS) is 17.1. The molecule has 3 heterocycles. The summed E-state index contributed by atoms with van der Waals surface area (Å²) in [4.78, 5) is 17.6. The molecular weight excluding hydrogens is 318 g/mol. The van der Waals surface area contributed by atoms with E-state index in [1.165, 1.54) is 0 Å². The van der Waals surface area contributed by atoms with E-state index in [4.69, 9.17) is 9.26 Å². The number of benzene rings is 1. The lowest BCUT2D eigenvalue weighted by atomic mass is 9.92. The SMILES string of the molecule is CCC(C(=O)N1CCN2CCOc3cccc1c32)c1c(C)noc1C. The molecule has 25 heavy (non-hydrogen) atoms. The second-order valence-electron chi connectivity index (χ2n) is 6.65. The largest absolute Gasteiger partial charge is 0.489 e. The van der Waals surface area contributed by atoms with Crippen molar-refractivity contribution in [3.63, 3.8) is 0 Å². The summed E-state index contributed by atoms with van der Waals surface area (Å²) in [5.41, 5.74) is 3.71. The summed E-state index contributed by atoms with van der Waals surface area (Å²) in [5, 5.41) is 4.03. The minimum atomic E-state index is -0.238. The fourth-order valence-electron chi connectivity index (χ4n) is 4.01. The zero-order valence-electron chi connectivity index (χ0n) is 14.9. The van der Waals surface area contributed by atoms with Crippen molar-refractivity contribution in [1.29, 1.82) is 0 Å². The van der Waals surface area contributed by atoms with Gasteiger partial charge in [0, 0.05) is 18.7 Å². The Hall–Kier alpha value is -2.50. The second-order valence-corrected chi connectivity index (χ2v) is 6.65. The highest BCUT2D eigenvalue weighted by molar-refractivity contribution is 6.02. The summed E-state index contributed by atoms with van der Waals surface area (Å²) >= 11 is 0. The van der Waals surface area contributed by atoms with E-state index in [1.807, 2.05) is 43.9 Å². The Balaban J connectivity index is 1.73. The van der Waals surface area contributed by atoms with Gasteiger partial charge in [-0.25, -0.2) is 0 Å². The topological polar surface area (TPSA) is 58.8 Å². The third kappa shape index (κ3) is 2.47. The van der Waals surface area contributed by atoms with Crippen molar-refractivity contribution in [2.24, 2.45) is 0 Å². The molecule has 6 nitrogen and oxygen atoms in total. The number of amides is 1. The molecule has 1 atom stereocenters. The van der Waals surface area contributed by atoms with Gasteiger partial charge in [-0.1, -0.05) is 18.1 Å². The number of nitrogens with zero attached hydrogens (tertiary/aromatic N) is 3. The maximum atomic E-state index is 13.4. The highest BCUT2D eigenvalue weighted by Gasteiger charge is 2.36. The first-order valence-electron chi connectivity index (χ1n) is 8.86. The molecule has 1 aromatic heterocycles. The van der Waals surface area contributed by atoms with Crippen LogP contribution in [0, 0.1) is 13.8 Å². The molecule has 0 spiro atoms. The van der Waals surface area contributed by atoms with Gasteiger partial charge in [-0.15, -0.1) is 0 Å². The smallest absolute Gasteiger partial charge is 0.234 e. The highest BCUT2D eigenvalue weighted by atomic mass is 16.5. The van der Waals surface area contributed by atoms with E-state index in [0.717, 1.165) is 47.2 Å². The van der Waals surface area contributed by atoms with E-state index in [0.29, 0.717) is 19.6 Å². The second kappa shape index (κ2) is 6.10. The number of hydrogen-bond donors (Lipinski definition) is 0. The van der Waals surface area contributed by atoms with Crippen molar-refractivity contribution in [2.75, 3.05) is 36.0 Å². The van der Waals surface area contributed by atoms with Crippen LogP contribution in [0.2, 0.25) is 0 Å². The number of aryl methyl sites for hydroxylation is 2. The van der Waals surface area contributed by atoms with Gasteiger partial charge >= 0.3 is 0 Å². The Labute approximate surface area is 147 Å². The van der Waals surface area contributed by atoms with Crippen LogP contribution in [0.25, 0.3) is 0 Å². The van der Waals surface area contributed by atoms with Gasteiger partial charge in [0.05, 0.1) is 23.8 Å². The number of carbonyl (C=O) groups excluding carboxylic acids is 1. The third-order valence-corrected chi connectivity index (χ3v) is 5.21. The number of rotatable bonds is 3. The van der Waals surface area contributed by atoms with Crippen molar-refractivity contribution in [1.82, 2.24) is 5.16 Å². The van der Waals surface area contributed by atoms with Gasteiger partial charge in [0.1, 0.15) is 23.8 Å². The Morgan fingerprint density at radius 2 is 2.12 bits per heavy atom. The average molecular weight is 341 g/mol. The van der Waals surface area contributed by atoms with Crippen LogP contribution in [0.3, 0.4) is 0 Å². The van der Waals surface area contributed by atoms with Crippen molar-refractivity contribution >= 4 is 17.3 Å². The predicted molar refractivity (Wildman–Crippen MR) is 95.5 cm³/mol. The number of hydrogen-bond acceptors (Lipinski definition) is 5. The molecule has 2 aliphatic heterocycles. The molecule has 1 unspecified atom stereocenters. The van der Waals surface area contributed by atoms with E-state index in [1.54, 1.807) is 0 Å². The number of para-hydroxylation sites is 1. The van der Waals surface area contributed by atoms with Crippen molar-refractivity contribution in [3.05, 3.63) is 35.2 Å².